The Morgan fingerprint density at radius 1 is 1.21 bits per heavy atom. The zero-order chi connectivity index (χ0) is 10.4. The van der Waals surface area contributed by atoms with Gasteiger partial charge >= 0.3 is 0 Å². The van der Waals surface area contributed by atoms with Gasteiger partial charge in [0, 0.05) is 0 Å². The maximum Gasteiger partial charge on any atom is 0.147 e. The Morgan fingerprint density at radius 2 is 1.93 bits per heavy atom. The molecule has 0 saturated heterocycles. The summed E-state index contributed by atoms with van der Waals surface area (Å²) in [5.41, 5.74) is 1.08. The Kier molecular flexibility index (Phi) is 4.11. The number of ether oxygens (including phenoxy) is 1. The molecule has 3 nitrogen and oxygen atoms in total. The summed E-state index contributed by atoms with van der Waals surface area (Å²) in [4.78, 5) is 7.69. The third-order valence-corrected chi connectivity index (χ3v) is 1.70. The zero-order valence-corrected chi connectivity index (χ0v) is 8.98. The molecule has 5 heteroatoms. The van der Waals surface area contributed by atoms with E-state index in [4.69, 9.17) is 4.74 Å². The van der Waals surface area contributed by atoms with Crippen molar-refractivity contribution in [1.29, 1.82) is 0 Å². The molecule has 1 rings (SSSR count). The van der Waals surface area contributed by atoms with Crippen LogP contribution >= 0.6 is 24.4 Å². The van der Waals surface area contributed by atoms with E-state index in [0.29, 0.717) is 17.1 Å². The van der Waals surface area contributed by atoms with Crippen LogP contribution in [0, 0.1) is 0 Å². The van der Waals surface area contributed by atoms with Gasteiger partial charge in [-0.15, -0.1) is 0 Å². The predicted octanol–water partition coefficient (Wildman–Crippen LogP) is 3.16. The molecule has 0 heterocycles. The van der Waals surface area contributed by atoms with E-state index in [9.17, 15) is 0 Å². The van der Waals surface area contributed by atoms with Crippen molar-refractivity contribution in [3.8, 4) is 5.75 Å². The number of isothiocyanates is 2. The van der Waals surface area contributed by atoms with Gasteiger partial charge < -0.3 is 4.74 Å². The first-order valence-corrected chi connectivity index (χ1v) is 4.48. The highest BCUT2D eigenvalue weighted by atomic mass is 32.1. The molecule has 0 fully saturated rings. The average molecular weight is 222 g/mol. The second kappa shape index (κ2) is 5.37. The van der Waals surface area contributed by atoms with Crippen molar-refractivity contribution in [3.05, 3.63) is 18.2 Å². The van der Waals surface area contributed by atoms with Gasteiger partial charge in [0.05, 0.1) is 17.4 Å². The van der Waals surface area contributed by atoms with E-state index in [-0.39, 0.29) is 0 Å². The van der Waals surface area contributed by atoms with E-state index in [1.54, 1.807) is 25.3 Å². The molecule has 1 aromatic carbocycles. The van der Waals surface area contributed by atoms with Gasteiger partial charge in [0.25, 0.3) is 0 Å². The smallest absolute Gasteiger partial charge is 0.147 e. The lowest BCUT2D eigenvalue weighted by Gasteiger charge is -2.04. The Hall–Kier alpha value is -1.38. The molecule has 0 aliphatic rings. The van der Waals surface area contributed by atoms with E-state index >= 15 is 0 Å². The monoisotopic (exact) mass is 222 g/mol. The Morgan fingerprint density at radius 3 is 2.50 bits per heavy atom. The van der Waals surface area contributed by atoms with Crippen molar-refractivity contribution in [2.24, 2.45) is 9.98 Å². The SMILES string of the molecule is COc1cccc(N=C=S)c1N=C=S. The molecule has 1 aromatic rings. The van der Waals surface area contributed by atoms with E-state index in [1.165, 1.54) is 0 Å². The summed E-state index contributed by atoms with van der Waals surface area (Å²) in [6.07, 6.45) is 0. The highest BCUT2D eigenvalue weighted by Crippen LogP contribution is 2.36. The molecule has 0 N–H and O–H groups in total. The van der Waals surface area contributed by atoms with E-state index in [0.717, 1.165) is 0 Å². The minimum absolute atomic E-state index is 0.516. The summed E-state index contributed by atoms with van der Waals surface area (Å²) < 4.78 is 5.08. The summed E-state index contributed by atoms with van der Waals surface area (Å²) in [7, 11) is 1.54. The fourth-order valence-corrected chi connectivity index (χ4v) is 1.16. The highest BCUT2D eigenvalue weighted by molar-refractivity contribution is 7.78. The first-order valence-electron chi connectivity index (χ1n) is 3.66. The van der Waals surface area contributed by atoms with Crippen molar-refractivity contribution < 1.29 is 4.74 Å². The second-order valence-electron chi connectivity index (χ2n) is 2.23. The maximum absolute atomic E-state index is 5.08. The number of methoxy groups -OCH3 is 1. The molecule has 0 aliphatic heterocycles. The maximum atomic E-state index is 5.08. The molecule has 0 spiro atoms. The number of benzene rings is 1. The molecular formula is C9H6N2OS2. The van der Waals surface area contributed by atoms with E-state index in [1.807, 2.05) is 0 Å². The minimum atomic E-state index is 0.516. The Labute approximate surface area is 92.1 Å². The van der Waals surface area contributed by atoms with Gasteiger partial charge in [-0.2, -0.15) is 9.98 Å². The summed E-state index contributed by atoms with van der Waals surface area (Å²) in [6, 6.07) is 5.29. The van der Waals surface area contributed by atoms with E-state index < -0.39 is 0 Å². The van der Waals surface area contributed by atoms with Crippen molar-refractivity contribution in [3.63, 3.8) is 0 Å². The second-order valence-corrected chi connectivity index (χ2v) is 2.60. The van der Waals surface area contributed by atoms with Crippen molar-refractivity contribution in [1.82, 2.24) is 0 Å². The third-order valence-electron chi connectivity index (χ3n) is 1.52. The molecule has 0 unspecified atom stereocenters. The number of hydrogen-bond donors (Lipinski definition) is 0. The van der Waals surface area contributed by atoms with Crippen molar-refractivity contribution in [2.75, 3.05) is 7.11 Å². The summed E-state index contributed by atoms with van der Waals surface area (Å²) in [6.45, 7) is 0. The Bertz CT molecular complexity index is 432. The molecule has 14 heavy (non-hydrogen) atoms. The first kappa shape index (κ1) is 10.7. The lowest BCUT2D eigenvalue weighted by molar-refractivity contribution is 0.416. The fourth-order valence-electron chi connectivity index (χ4n) is 0.973. The average Bonchev–Trinajstić information content (AvgIpc) is 2.21. The highest BCUT2D eigenvalue weighted by Gasteiger charge is 2.05. The largest absolute Gasteiger partial charge is 0.494 e. The molecule has 0 aromatic heterocycles. The molecule has 70 valence electrons. The molecular weight excluding hydrogens is 216 g/mol. The van der Waals surface area contributed by atoms with Crippen LogP contribution in [-0.2, 0) is 0 Å². The van der Waals surface area contributed by atoms with Crippen LogP contribution < -0.4 is 4.74 Å². The molecule has 0 aliphatic carbocycles. The van der Waals surface area contributed by atoms with Crippen LogP contribution in [0.15, 0.2) is 28.2 Å². The Balaban J connectivity index is 3.41. The number of para-hydroxylation sites is 1. The lowest BCUT2D eigenvalue weighted by atomic mass is 10.2. The summed E-state index contributed by atoms with van der Waals surface area (Å²) in [5, 5.41) is 4.53. The van der Waals surface area contributed by atoms with Gasteiger partial charge in [0.15, 0.2) is 0 Å². The number of rotatable bonds is 3. The van der Waals surface area contributed by atoms with Crippen molar-refractivity contribution in [2.45, 2.75) is 0 Å². The first-order chi connectivity index (χ1) is 6.83. The quantitative estimate of drug-likeness (QED) is 0.582. The molecule has 0 atom stereocenters. The van der Waals surface area contributed by atoms with Crippen LogP contribution in [0.25, 0.3) is 0 Å². The standard InChI is InChI=1S/C9H6N2OS2/c1-12-8-4-2-3-7(10-5-13)9(8)11-6-14/h2-4H,1H3. The number of aliphatic imine (C=N–C) groups is 2. The molecule has 0 radical (unpaired) electrons. The molecule has 0 amide bonds. The summed E-state index contributed by atoms with van der Waals surface area (Å²) in [5.74, 6) is 0.578. The predicted molar refractivity (Wildman–Crippen MR) is 62.4 cm³/mol. The van der Waals surface area contributed by atoms with Gasteiger partial charge in [-0.25, -0.2) is 0 Å². The number of hydrogen-bond acceptors (Lipinski definition) is 5. The van der Waals surface area contributed by atoms with Gasteiger partial charge in [-0.1, -0.05) is 6.07 Å². The fraction of sp³-hybridized carbons (Fsp3) is 0.111. The van der Waals surface area contributed by atoms with Gasteiger partial charge in [-0.3, -0.25) is 0 Å². The normalized spacial score (nSPS) is 8.36. The van der Waals surface area contributed by atoms with Gasteiger partial charge in [-0.05, 0) is 36.6 Å². The molecule has 0 bridgehead atoms. The van der Waals surface area contributed by atoms with Crippen LogP contribution in [0.5, 0.6) is 5.75 Å². The van der Waals surface area contributed by atoms with Crippen LogP contribution in [0.1, 0.15) is 0 Å². The van der Waals surface area contributed by atoms with Crippen molar-refractivity contribution >= 4 is 46.1 Å². The van der Waals surface area contributed by atoms with E-state index in [2.05, 4.69) is 44.7 Å². The van der Waals surface area contributed by atoms with Crippen LogP contribution in [0.4, 0.5) is 11.4 Å². The topological polar surface area (TPSA) is 34.0 Å². The summed E-state index contributed by atoms with van der Waals surface area (Å²) >= 11 is 9.04. The van der Waals surface area contributed by atoms with Crippen LogP contribution in [0.3, 0.4) is 0 Å². The minimum Gasteiger partial charge on any atom is -0.494 e. The number of nitrogens with zero attached hydrogens (tertiary/aromatic N) is 2. The molecule has 0 saturated carbocycles. The lowest BCUT2D eigenvalue weighted by Crippen LogP contribution is -1.82. The zero-order valence-electron chi connectivity index (χ0n) is 7.35. The van der Waals surface area contributed by atoms with Crippen LogP contribution in [-0.4, -0.2) is 17.4 Å². The van der Waals surface area contributed by atoms with Gasteiger partial charge in [0.2, 0.25) is 0 Å². The van der Waals surface area contributed by atoms with Gasteiger partial charge in [0.1, 0.15) is 17.1 Å². The number of thiocarbonyl (C=S) groups is 2. The van der Waals surface area contributed by atoms with Crippen LogP contribution in [0.2, 0.25) is 0 Å². The third kappa shape index (κ3) is 2.31.